The van der Waals surface area contributed by atoms with Gasteiger partial charge in [0, 0.05) is 34.9 Å². The number of aromatic nitrogens is 2. The van der Waals surface area contributed by atoms with Gasteiger partial charge in [-0.25, -0.2) is 4.98 Å². The smallest absolute Gasteiger partial charge is 0.325 e. The van der Waals surface area contributed by atoms with Crippen LogP contribution in [0, 0.1) is 10.1 Å². The lowest BCUT2D eigenvalue weighted by molar-refractivity contribution is -0.384. The summed E-state index contributed by atoms with van der Waals surface area (Å²) in [4.78, 5) is 26.2. The summed E-state index contributed by atoms with van der Waals surface area (Å²) in [7, 11) is 0. The van der Waals surface area contributed by atoms with Gasteiger partial charge in [0.05, 0.1) is 17.7 Å². The Kier molecular flexibility index (Phi) is 5.41. The van der Waals surface area contributed by atoms with Crippen LogP contribution in [0.3, 0.4) is 0 Å². The standard InChI is InChI=1S/C18H17N5O4/c1-2-27-17(24)12-22-11-13(14-6-3-4-7-15(14)22)10-20-21-18-16(23(25)26)8-5-9-19-18/h3-11H,2,12H2,1H3,(H,19,21)/b20-10-. The minimum absolute atomic E-state index is 0.0500. The summed E-state index contributed by atoms with van der Waals surface area (Å²) in [6.45, 7) is 2.16. The minimum atomic E-state index is -0.532. The van der Waals surface area contributed by atoms with E-state index in [1.165, 1.54) is 24.5 Å². The van der Waals surface area contributed by atoms with Crippen molar-refractivity contribution in [3.8, 4) is 0 Å². The highest BCUT2D eigenvalue weighted by atomic mass is 16.6. The number of nitrogens with one attached hydrogen (secondary N) is 1. The SMILES string of the molecule is CCOC(=O)Cn1cc(/C=N\Nc2ncccc2[N+](=O)[O-])c2ccccc21. The van der Waals surface area contributed by atoms with Crippen LogP contribution in [0.5, 0.6) is 0 Å². The quantitative estimate of drug-likeness (QED) is 0.297. The van der Waals surface area contributed by atoms with E-state index in [-0.39, 0.29) is 24.0 Å². The molecular weight excluding hydrogens is 350 g/mol. The number of nitro groups is 1. The Balaban J connectivity index is 1.86. The number of anilines is 1. The monoisotopic (exact) mass is 367 g/mol. The second-order valence-corrected chi connectivity index (χ2v) is 5.53. The van der Waals surface area contributed by atoms with Crippen LogP contribution in [-0.2, 0) is 16.1 Å². The lowest BCUT2D eigenvalue weighted by Crippen LogP contribution is -2.12. The molecule has 0 saturated carbocycles. The molecule has 0 radical (unpaired) electrons. The average molecular weight is 367 g/mol. The second kappa shape index (κ2) is 8.09. The molecule has 3 rings (SSSR count). The normalized spacial score (nSPS) is 11.0. The Morgan fingerprint density at radius 3 is 2.96 bits per heavy atom. The van der Waals surface area contributed by atoms with Crippen LogP contribution in [0.15, 0.2) is 53.9 Å². The number of carbonyl (C=O) groups excluding carboxylic acids is 1. The number of rotatable bonds is 7. The number of hydrogen-bond donors (Lipinski definition) is 1. The molecule has 1 N–H and O–H groups in total. The summed E-state index contributed by atoms with van der Waals surface area (Å²) in [5.74, 6) is -0.280. The predicted molar refractivity (Wildman–Crippen MR) is 101 cm³/mol. The largest absolute Gasteiger partial charge is 0.465 e. The molecule has 0 fully saturated rings. The maximum absolute atomic E-state index is 11.8. The third kappa shape index (κ3) is 4.09. The summed E-state index contributed by atoms with van der Waals surface area (Å²) < 4.78 is 6.78. The number of fused-ring (bicyclic) bond motifs is 1. The number of ether oxygens (including phenoxy) is 1. The summed E-state index contributed by atoms with van der Waals surface area (Å²) in [6, 6.07) is 10.4. The molecule has 3 aromatic rings. The van der Waals surface area contributed by atoms with Crippen molar-refractivity contribution in [3.63, 3.8) is 0 Å². The van der Waals surface area contributed by atoms with Crippen molar-refractivity contribution in [1.29, 1.82) is 0 Å². The molecule has 0 amide bonds. The number of pyridine rings is 1. The molecule has 2 aromatic heterocycles. The summed E-state index contributed by atoms with van der Waals surface area (Å²) in [5, 5.41) is 16.0. The van der Waals surface area contributed by atoms with E-state index in [9.17, 15) is 14.9 Å². The highest BCUT2D eigenvalue weighted by Crippen LogP contribution is 2.22. The van der Waals surface area contributed by atoms with Crippen molar-refractivity contribution in [2.24, 2.45) is 5.10 Å². The predicted octanol–water partition coefficient (Wildman–Crippen LogP) is 2.95. The first-order valence-electron chi connectivity index (χ1n) is 8.22. The fourth-order valence-electron chi connectivity index (χ4n) is 2.65. The molecule has 0 aliphatic carbocycles. The van der Waals surface area contributed by atoms with E-state index >= 15 is 0 Å². The number of esters is 1. The van der Waals surface area contributed by atoms with E-state index in [2.05, 4.69) is 15.5 Å². The van der Waals surface area contributed by atoms with Gasteiger partial charge in [-0.15, -0.1) is 0 Å². The number of para-hydroxylation sites is 1. The van der Waals surface area contributed by atoms with Crippen LogP contribution in [0.25, 0.3) is 10.9 Å². The Labute approximate surface area is 154 Å². The van der Waals surface area contributed by atoms with Crippen LogP contribution in [-0.4, -0.2) is 33.3 Å². The molecule has 0 aliphatic heterocycles. The fourth-order valence-corrected chi connectivity index (χ4v) is 2.65. The topological polar surface area (TPSA) is 112 Å². The van der Waals surface area contributed by atoms with Crippen LogP contribution >= 0.6 is 0 Å². The second-order valence-electron chi connectivity index (χ2n) is 5.53. The molecule has 0 aliphatic rings. The van der Waals surface area contributed by atoms with E-state index < -0.39 is 4.92 Å². The van der Waals surface area contributed by atoms with Crippen molar-refractivity contribution in [2.75, 3.05) is 12.0 Å². The molecule has 0 bridgehead atoms. The lowest BCUT2D eigenvalue weighted by atomic mass is 10.2. The zero-order chi connectivity index (χ0) is 19.2. The van der Waals surface area contributed by atoms with Gasteiger partial charge in [0.2, 0.25) is 5.82 Å². The van der Waals surface area contributed by atoms with E-state index in [4.69, 9.17) is 4.74 Å². The molecule has 0 atom stereocenters. The molecule has 1 aromatic carbocycles. The number of nitrogens with zero attached hydrogens (tertiary/aromatic N) is 4. The highest BCUT2D eigenvalue weighted by Gasteiger charge is 2.13. The van der Waals surface area contributed by atoms with Gasteiger partial charge in [0.15, 0.2) is 0 Å². The first-order chi connectivity index (χ1) is 13.1. The summed E-state index contributed by atoms with van der Waals surface area (Å²) in [5.41, 5.74) is 4.03. The van der Waals surface area contributed by atoms with Gasteiger partial charge in [-0.05, 0) is 19.1 Å². The Bertz CT molecular complexity index is 1010. The van der Waals surface area contributed by atoms with Crippen LogP contribution in [0.1, 0.15) is 12.5 Å². The van der Waals surface area contributed by atoms with E-state index in [1.54, 1.807) is 17.7 Å². The molecule has 0 unspecified atom stereocenters. The average Bonchev–Trinajstić information content (AvgIpc) is 3.00. The van der Waals surface area contributed by atoms with Gasteiger partial charge in [-0.2, -0.15) is 5.10 Å². The molecule has 138 valence electrons. The molecule has 27 heavy (non-hydrogen) atoms. The zero-order valence-corrected chi connectivity index (χ0v) is 14.5. The summed E-state index contributed by atoms with van der Waals surface area (Å²) in [6.07, 6.45) is 4.75. The van der Waals surface area contributed by atoms with Gasteiger partial charge in [0.25, 0.3) is 0 Å². The number of hydrazone groups is 1. The van der Waals surface area contributed by atoms with Gasteiger partial charge in [-0.1, -0.05) is 18.2 Å². The molecule has 9 heteroatoms. The van der Waals surface area contributed by atoms with E-state index in [0.717, 1.165) is 16.5 Å². The van der Waals surface area contributed by atoms with Gasteiger partial charge in [0.1, 0.15) is 6.54 Å². The summed E-state index contributed by atoms with van der Waals surface area (Å²) >= 11 is 0. The Hall–Kier alpha value is -3.75. The lowest BCUT2D eigenvalue weighted by Gasteiger charge is -2.04. The van der Waals surface area contributed by atoms with Crippen molar-refractivity contribution in [2.45, 2.75) is 13.5 Å². The van der Waals surface area contributed by atoms with Gasteiger partial charge in [-0.3, -0.25) is 20.3 Å². The fraction of sp³-hybridized carbons (Fsp3) is 0.167. The van der Waals surface area contributed by atoms with E-state index in [0.29, 0.717) is 6.61 Å². The van der Waals surface area contributed by atoms with Crippen molar-refractivity contribution in [3.05, 3.63) is 64.5 Å². The Morgan fingerprint density at radius 1 is 1.37 bits per heavy atom. The molecule has 0 saturated heterocycles. The third-order valence-corrected chi connectivity index (χ3v) is 3.78. The first kappa shape index (κ1) is 18.1. The highest BCUT2D eigenvalue weighted by molar-refractivity contribution is 6.00. The van der Waals surface area contributed by atoms with Crippen molar-refractivity contribution < 1.29 is 14.5 Å². The Morgan fingerprint density at radius 2 is 2.19 bits per heavy atom. The van der Waals surface area contributed by atoms with Crippen LogP contribution in [0.4, 0.5) is 11.5 Å². The molecular formula is C18H17N5O4. The third-order valence-electron chi connectivity index (χ3n) is 3.78. The van der Waals surface area contributed by atoms with Crippen molar-refractivity contribution >= 4 is 34.6 Å². The maximum Gasteiger partial charge on any atom is 0.325 e. The van der Waals surface area contributed by atoms with Crippen LogP contribution in [0.2, 0.25) is 0 Å². The zero-order valence-electron chi connectivity index (χ0n) is 14.5. The first-order valence-corrected chi connectivity index (χ1v) is 8.22. The molecule has 9 nitrogen and oxygen atoms in total. The van der Waals surface area contributed by atoms with Gasteiger partial charge < -0.3 is 9.30 Å². The number of carbonyl (C=O) groups is 1. The number of benzene rings is 1. The van der Waals surface area contributed by atoms with Crippen LogP contribution < -0.4 is 5.43 Å². The van der Waals surface area contributed by atoms with Gasteiger partial charge >= 0.3 is 11.7 Å². The minimum Gasteiger partial charge on any atom is -0.465 e. The maximum atomic E-state index is 11.8. The van der Waals surface area contributed by atoms with Crippen molar-refractivity contribution in [1.82, 2.24) is 9.55 Å². The molecule has 0 spiro atoms. The number of hydrogen-bond acceptors (Lipinski definition) is 7. The van der Waals surface area contributed by atoms with E-state index in [1.807, 2.05) is 24.3 Å². The molecule has 2 heterocycles.